The molecule has 0 heterocycles. The molecule has 116 valence electrons. The van der Waals surface area contributed by atoms with E-state index >= 15 is 0 Å². The Balaban J connectivity index is 2.01. The van der Waals surface area contributed by atoms with E-state index < -0.39 is 0 Å². The average Bonchev–Trinajstić information content (AvgIpc) is 2.50. The minimum absolute atomic E-state index is 0.0731. The Hall–Kier alpha value is -1.71. The van der Waals surface area contributed by atoms with Crippen molar-refractivity contribution in [3.63, 3.8) is 0 Å². The van der Waals surface area contributed by atoms with Crippen LogP contribution in [0.4, 0.5) is 11.4 Å². The van der Waals surface area contributed by atoms with Crippen molar-refractivity contribution in [2.45, 2.75) is 52.0 Å². The van der Waals surface area contributed by atoms with Crippen LogP contribution in [0, 0.1) is 5.92 Å². The van der Waals surface area contributed by atoms with Crippen molar-refractivity contribution in [2.24, 2.45) is 5.92 Å². The molecule has 1 aromatic rings. The Bertz CT molecular complexity index is 481. The molecule has 0 saturated heterocycles. The van der Waals surface area contributed by atoms with Gasteiger partial charge in [0.05, 0.1) is 11.4 Å². The number of nitrogens with one attached hydrogen (secondary N) is 2. The second-order valence-corrected chi connectivity index (χ2v) is 5.99. The number of nitrogens with two attached hydrogens (primary N) is 1. The van der Waals surface area contributed by atoms with Crippen molar-refractivity contribution in [3.05, 3.63) is 23.8 Å². The van der Waals surface area contributed by atoms with Gasteiger partial charge in [-0.15, -0.1) is 0 Å². The molecule has 1 fully saturated rings. The molecule has 1 saturated carbocycles. The van der Waals surface area contributed by atoms with Crippen LogP contribution in [0.2, 0.25) is 0 Å². The molecule has 0 aliphatic heterocycles. The summed E-state index contributed by atoms with van der Waals surface area (Å²) in [5.41, 5.74) is 8.28. The fourth-order valence-electron chi connectivity index (χ4n) is 3.10. The summed E-state index contributed by atoms with van der Waals surface area (Å²) < 4.78 is 0. The highest BCUT2D eigenvalue weighted by Gasteiger charge is 2.20. The highest BCUT2D eigenvalue weighted by atomic mass is 16.1. The normalized spacial score (nSPS) is 17.2. The Morgan fingerprint density at radius 1 is 1.33 bits per heavy atom. The quantitative estimate of drug-likeness (QED) is 0.728. The first-order valence-electron chi connectivity index (χ1n) is 8.06. The summed E-state index contributed by atoms with van der Waals surface area (Å²) in [6, 6.07) is 5.92. The molecule has 4 heteroatoms. The Kier molecular flexibility index (Phi) is 5.48. The molecule has 1 aliphatic carbocycles. The summed E-state index contributed by atoms with van der Waals surface area (Å²) in [6.07, 6.45) is 6.63. The molecule has 1 atom stereocenters. The molecule has 4 N–H and O–H groups in total. The molecular formula is C17H27N3O. The van der Waals surface area contributed by atoms with Gasteiger partial charge in [-0.2, -0.15) is 0 Å². The highest BCUT2D eigenvalue weighted by molar-refractivity contribution is 5.96. The van der Waals surface area contributed by atoms with Gasteiger partial charge >= 0.3 is 0 Å². The van der Waals surface area contributed by atoms with Crippen molar-refractivity contribution in [1.29, 1.82) is 0 Å². The third kappa shape index (κ3) is 4.13. The number of rotatable bonds is 5. The van der Waals surface area contributed by atoms with Crippen LogP contribution in [-0.4, -0.2) is 18.5 Å². The van der Waals surface area contributed by atoms with Crippen LogP contribution in [0.25, 0.3) is 0 Å². The average molecular weight is 289 g/mol. The molecular weight excluding hydrogens is 262 g/mol. The number of hydrogen-bond acceptors (Lipinski definition) is 3. The van der Waals surface area contributed by atoms with Crippen LogP contribution < -0.4 is 16.4 Å². The van der Waals surface area contributed by atoms with E-state index in [4.69, 9.17) is 5.73 Å². The van der Waals surface area contributed by atoms with Crippen LogP contribution in [-0.2, 0) is 0 Å². The van der Waals surface area contributed by atoms with E-state index in [2.05, 4.69) is 17.6 Å². The molecule has 0 radical (unpaired) electrons. The first-order chi connectivity index (χ1) is 10.1. The van der Waals surface area contributed by atoms with E-state index in [0.29, 0.717) is 23.8 Å². The summed E-state index contributed by atoms with van der Waals surface area (Å²) in [6.45, 7) is 4.76. The number of nitrogen functional groups attached to an aromatic ring is 1. The van der Waals surface area contributed by atoms with Crippen LogP contribution in [0.5, 0.6) is 0 Å². The van der Waals surface area contributed by atoms with Gasteiger partial charge < -0.3 is 16.4 Å². The lowest BCUT2D eigenvalue weighted by molar-refractivity contribution is 0.0956. The van der Waals surface area contributed by atoms with Crippen LogP contribution in [0.1, 0.15) is 56.3 Å². The van der Waals surface area contributed by atoms with Crippen LogP contribution >= 0.6 is 0 Å². The standard InChI is InChI=1S/C17H27N3O/c1-3-19-17(21)14-9-10-16(15(18)11-14)20-12(2)13-7-5-4-6-8-13/h9-13,20H,3-8,18H2,1-2H3,(H,19,21). The second-order valence-electron chi connectivity index (χ2n) is 5.99. The lowest BCUT2D eigenvalue weighted by atomic mass is 9.84. The van der Waals surface area contributed by atoms with E-state index in [1.54, 1.807) is 6.07 Å². The van der Waals surface area contributed by atoms with Gasteiger partial charge in [0.1, 0.15) is 0 Å². The lowest BCUT2D eigenvalue weighted by Gasteiger charge is -2.29. The zero-order valence-corrected chi connectivity index (χ0v) is 13.1. The summed E-state index contributed by atoms with van der Waals surface area (Å²) in [5, 5.41) is 6.31. The topological polar surface area (TPSA) is 67.2 Å². The molecule has 21 heavy (non-hydrogen) atoms. The zero-order valence-electron chi connectivity index (χ0n) is 13.1. The molecule has 0 bridgehead atoms. The van der Waals surface area contributed by atoms with Gasteiger partial charge in [0.25, 0.3) is 5.91 Å². The predicted octanol–water partition coefficient (Wildman–Crippen LogP) is 3.40. The first kappa shape index (κ1) is 15.7. The van der Waals surface area contributed by atoms with Crippen molar-refractivity contribution in [1.82, 2.24) is 5.32 Å². The molecule has 1 aromatic carbocycles. The molecule has 1 aliphatic rings. The zero-order chi connectivity index (χ0) is 15.2. The van der Waals surface area contributed by atoms with E-state index in [9.17, 15) is 4.79 Å². The number of amides is 1. The summed E-state index contributed by atoms with van der Waals surface area (Å²) in [7, 11) is 0. The molecule has 1 unspecified atom stereocenters. The van der Waals surface area contributed by atoms with Crippen LogP contribution in [0.15, 0.2) is 18.2 Å². The van der Waals surface area contributed by atoms with Gasteiger partial charge in [0.2, 0.25) is 0 Å². The first-order valence-corrected chi connectivity index (χ1v) is 8.06. The van der Waals surface area contributed by atoms with Gasteiger partial charge in [0.15, 0.2) is 0 Å². The molecule has 0 spiro atoms. The number of hydrogen-bond donors (Lipinski definition) is 3. The largest absolute Gasteiger partial charge is 0.397 e. The Labute approximate surface area is 127 Å². The number of carbonyl (C=O) groups excluding carboxylic acids is 1. The molecule has 4 nitrogen and oxygen atoms in total. The molecule has 0 aromatic heterocycles. The lowest BCUT2D eigenvalue weighted by Crippen LogP contribution is -2.28. The third-order valence-corrected chi connectivity index (χ3v) is 4.39. The predicted molar refractivity (Wildman–Crippen MR) is 88.5 cm³/mol. The van der Waals surface area contributed by atoms with Gasteiger partial charge in [-0.05, 0) is 50.8 Å². The monoisotopic (exact) mass is 289 g/mol. The van der Waals surface area contributed by atoms with Crippen LogP contribution in [0.3, 0.4) is 0 Å². The maximum absolute atomic E-state index is 11.8. The number of carbonyl (C=O) groups is 1. The smallest absolute Gasteiger partial charge is 0.251 e. The van der Waals surface area contributed by atoms with Gasteiger partial charge in [-0.1, -0.05) is 19.3 Å². The SMILES string of the molecule is CCNC(=O)c1ccc(NC(C)C2CCCCC2)c(N)c1. The summed E-state index contributed by atoms with van der Waals surface area (Å²) in [4.78, 5) is 11.8. The van der Waals surface area contributed by atoms with Crippen molar-refractivity contribution in [3.8, 4) is 0 Å². The Morgan fingerprint density at radius 2 is 2.05 bits per heavy atom. The highest BCUT2D eigenvalue weighted by Crippen LogP contribution is 2.29. The number of anilines is 2. The van der Waals surface area contributed by atoms with Gasteiger partial charge in [-0.25, -0.2) is 0 Å². The fourth-order valence-corrected chi connectivity index (χ4v) is 3.10. The fraction of sp³-hybridized carbons (Fsp3) is 0.588. The van der Waals surface area contributed by atoms with E-state index in [0.717, 1.165) is 11.6 Å². The summed E-state index contributed by atoms with van der Waals surface area (Å²) in [5.74, 6) is 0.650. The van der Waals surface area contributed by atoms with Crippen molar-refractivity contribution >= 4 is 17.3 Å². The Morgan fingerprint density at radius 3 is 2.67 bits per heavy atom. The van der Waals surface area contributed by atoms with E-state index in [1.807, 2.05) is 19.1 Å². The van der Waals surface area contributed by atoms with Crippen molar-refractivity contribution in [2.75, 3.05) is 17.6 Å². The third-order valence-electron chi connectivity index (χ3n) is 4.39. The molecule has 2 rings (SSSR count). The van der Waals surface area contributed by atoms with Crippen molar-refractivity contribution < 1.29 is 4.79 Å². The summed E-state index contributed by atoms with van der Waals surface area (Å²) >= 11 is 0. The van der Waals surface area contributed by atoms with E-state index in [1.165, 1.54) is 32.1 Å². The maximum Gasteiger partial charge on any atom is 0.251 e. The number of benzene rings is 1. The maximum atomic E-state index is 11.8. The van der Waals surface area contributed by atoms with Gasteiger partial charge in [0, 0.05) is 18.2 Å². The van der Waals surface area contributed by atoms with E-state index in [-0.39, 0.29) is 5.91 Å². The second kappa shape index (κ2) is 7.34. The van der Waals surface area contributed by atoms with Gasteiger partial charge in [-0.3, -0.25) is 4.79 Å². The molecule has 1 amide bonds. The minimum atomic E-state index is -0.0731. The minimum Gasteiger partial charge on any atom is -0.397 e.